The first-order chi connectivity index (χ1) is 9.72. The Labute approximate surface area is 117 Å². The standard InChI is InChI=1S/C15H16FN3O/c1-2-19-10-13(9-18-19)11-20-15-8-12(4-3-7-17)5-6-14(15)16/h5-6,8-10H,2,7,11,17H2,1H3. The molecular formula is C15H16FN3O. The fourth-order valence-corrected chi connectivity index (χ4v) is 1.66. The molecule has 0 aliphatic carbocycles. The maximum absolute atomic E-state index is 13.6. The molecule has 0 saturated heterocycles. The molecule has 0 aliphatic heterocycles. The van der Waals surface area contributed by atoms with Gasteiger partial charge in [0.1, 0.15) is 6.61 Å². The third kappa shape index (κ3) is 3.59. The lowest BCUT2D eigenvalue weighted by atomic mass is 10.2. The highest BCUT2D eigenvalue weighted by Crippen LogP contribution is 2.19. The highest BCUT2D eigenvalue weighted by Gasteiger charge is 2.05. The van der Waals surface area contributed by atoms with Crippen LogP contribution in [0.15, 0.2) is 30.6 Å². The summed E-state index contributed by atoms with van der Waals surface area (Å²) in [5.41, 5.74) is 6.88. The molecule has 0 saturated carbocycles. The smallest absolute Gasteiger partial charge is 0.165 e. The second-order valence-corrected chi connectivity index (χ2v) is 4.14. The molecule has 1 aromatic heterocycles. The molecule has 1 heterocycles. The molecule has 0 fully saturated rings. The van der Waals surface area contributed by atoms with E-state index in [0.717, 1.165) is 12.1 Å². The van der Waals surface area contributed by atoms with Crippen LogP contribution in [-0.4, -0.2) is 16.3 Å². The number of benzene rings is 1. The first-order valence-corrected chi connectivity index (χ1v) is 6.35. The number of aryl methyl sites for hydroxylation is 1. The van der Waals surface area contributed by atoms with Gasteiger partial charge in [0, 0.05) is 23.9 Å². The Morgan fingerprint density at radius 2 is 2.30 bits per heavy atom. The zero-order valence-electron chi connectivity index (χ0n) is 11.3. The molecule has 0 atom stereocenters. The molecule has 2 rings (SSSR count). The Hall–Kier alpha value is -2.32. The largest absolute Gasteiger partial charge is 0.486 e. The van der Waals surface area contributed by atoms with E-state index >= 15 is 0 Å². The maximum atomic E-state index is 13.6. The molecule has 0 unspecified atom stereocenters. The van der Waals surface area contributed by atoms with Crippen LogP contribution in [-0.2, 0) is 13.2 Å². The second-order valence-electron chi connectivity index (χ2n) is 4.14. The first-order valence-electron chi connectivity index (χ1n) is 6.35. The number of nitrogens with zero attached hydrogens (tertiary/aromatic N) is 2. The minimum Gasteiger partial charge on any atom is -0.486 e. The van der Waals surface area contributed by atoms with E-state index < -0.39 is 5.82 Å². The van der Waals surface area contributed by atoms with Gasteiger partial charge in [-0.1, -0.05) is 11.8 Å². The molecule has 2 N–H and O–H groups in total. The lowest BCUT2D eigenvalue weighted by molar-refractivity contribution is 0.290. The van der Waals surface area contributed by atoms with Gasteiger partial charge in [0.15, 0.2) is 11.6 Å². The van der Waals surface area contributed by atoms with Crippen molar-refractivity contribution < 1.29 is 9.13 Å². The number of aromatic nitrogens is 2. The van der Waals surface area contributed by atoms with E-state index in [4.69, 9.17) is 10.5 Å². The van der Waals surface area contributed by atoms with E-state index in [9.17, 15) is 4.39 Å². The van der Waals surface area contributed by atoms with Crippen molar-refractivity contribution in [3.05, 3.63) is 47.5 Å². The number of hydrogen-bond donors (Lipinski definition) is 1. The SMILES string of the molecule is CCn1cc(COc2cc(C#CCN)ccc2F)cn1. The summed E-state index contributed by atoms with van der Waals surface area (Å²) in [7, 11) is 0. The molecule has 20 heavy (non-hydrogen) atoms. The van der Waals surface area contributed by atoms with E-state index in [1.807, 2.05) is 13.1 Å². The number of ether oxygens (including phenoxy) is 1. The van der Waals surface area contributed by atoms with Crippen molar-refractivity contribution in [2.75, 3.05) is 6.54 Å². The quantitative estimate of drug-likeness (QED) is 0.866. The van der Waals surface area contributed by atoms with Crippen LogP contribution in [0.4, 0.5) is 4.39 Å². The first kappa shape index (κ1) is 14.1. The molecule has 5 heteroatoms. The number of halogens is 1. The summed E-state index contributed by atoms with van der Waals surface area (Å²) in [5.74, 6) is 5.34. The minimum atomic E-state index is -0.411. The predicted molar refractivity (Wildman–Crippen MR) is 74.6 cm³/mol. The third-order valence-electron chi connectivity index (χ3n) is 2.67. The van der Waals surface area contributed by atoms with Crippen molar-refractivity contribution in [2.45, 2.75) is 20.1 Å². The molecule has 0 spiro atoms. The van der Waals surface area contributed by atoms with Gasteiger partial charge in [0.25, 0.3) is 0 Å². The van der Waals surface area contributed by atoms with Crippen LogP contribution >= 0.6 is 0 Å². The Morgan fingerprint density at radius 3 is 3.00 bits per heavy atom. The van der Waals surface area contributed by atoms with Crippen molar-refractivity contribution in [2.24, 2.45) is 5.73 Å². The average molecular weight is 273 g/mol. The van der Waals surface area contributed by atoms with Gasteiger partial charge < -0.3 is 10.5 Å². The van der Waals surface area contributed by atoms with Crippen LogP contribution in [0.25, 0.3) is 0 Å². The molecule has 104 valence electrons. The maximum Gasteiger partial charge on any atom is 0.165 e. The van der Waals surface area contributed by atoms with Crippen molar-refractivity contribution >= 4 is 0 Å². The van der Waals surface area contributed by atoms with Gasteiger partial charge in [-0.25, -0.2) is 4.39 Å². The van der Waals surface area contributed by atoms with Crippen LogP contribution in [0.1, 0.15) is 18.1 Å². The number of nitrogens with two attached hydrogens (primary N) is 1. The summed E-state index contributed by atoms with van der Waals surface area (Å²) in [6, 6.07) is 4.51. The van der Waals surface area contributed by atoms with E-state index in [1.54, 1.807) is 23.0 Å². The van der Waals surface area contributed by atoms with Gasteiger partial charge in [-0.15, -0.1) is 0 Å². The molecular weight excluding hydrogens is 257 g/mol. The Balaban J connectivity index is 2.08. The molecule has 4 nitrogen and oxygen atoms in total. The zero-order chi connectivity index (χ0) is 14.4. The van der Waals surface area contributed by atoms with E-state index in [-0.39, 0.29) is 18.9 Å². The predicted octanol–water partition coefficient (Wildman–Crippen LogP) is 1.93. The summed E-state index contributed by atoms with van der Waals surface area (Å²) < 4.78 is 20.9. The fraction of sp³-hybridized carbons (Fsp3) is 0.267. The molecule has 0 amide bonds. The summed E-state index contributed by atoms with van der Waals surface area (Å²) in [6.07, 6.45) is 3.58. The van der Waals surface area contributed by atoms with Gasteiger partial charge in [0.05, 0.1) is 12.7 Å². The van der Waals surface area contributed by atoms with E-state index in [2.05, 4.69) is 16.9 Å². The normalized spacial score (nSPS) is 9.95. The van der Waals surface area contributed by atoms with Crippen molar-refractivity contribution in [3.8, 4) is 17.6 Å². The van der Waals surface area contributed by atoms with Gasteiger partial charge >= 0.3 is 0 Å². The third-order valence-corrected chi connectivity index (χ3v) is 2.67. The molecule has 2 aromatic rings. The van der Waals surface area contributed by atoms with Crippen molar-refractivity contribution in [3.63, 3.8) is 0 Å². The van der Waals surface area contributed by atoms with Crippen molar-refractivity contribution in [1.29, 1.82) is 0 Å². The monoisotopic (exact) mass is 273 g/mol. The molecule has 1 aromatic carbocycles. The van der Waals surface area contributed by atoms with Crippen LogP contribution in [0.5, 0.6) is 5.75 Å². The highest BCUT2D eigenvalue weighted by molar-refractivity contribution is 5.40. The van der Waals surface area contributed by atoms with Gasteiger partial charge in [-0.05, 0) is 25.1 Å². The fourth-order valence-electron chi connectivity index (χ4n) is 1.66. The number of hydrogen-bond acceptors (Lipinski definition) is 3. The lowest BCUT2D eigenvalue weighted by Gasteiger charge is -2.06. The Bertz CT molecular complexity index is 640. The second kappa shape index (κ2) is 6.73. The summed E-state index contributed by atoms with van der Waals surface area (Å²) >= 11 is 0. The summed E-state index contributed by atoms with van der Waals surface area (Å²) in [4.78, 5) is 0. The van der Waals surface area contributed by atoms with E-state index in [0.29, 0.717) is 5.56 Å². The van der Waals surface area contributed by atoms with Crippen LogP contribution in [0.3, 0.4) is 0 Å². The molecule has 0 aliphatic rings. The molecule has 0 radical (unpaired) electrons. The zero-order valence-corrected chi connectivity index (χ0v) is 11.3. The summed E-state index contributed by atoms with van der Waals surface area (Å²) in [6.45, 7) is 3.32. The van der Waals surface area contributed by atoms with Gasteiger partial charge in [-0.3, -0.25) is 4.68 Å². The van der Waals surface area contributed by atoms with Crippen LogP contribution in [0, 0.1) is 17.7 Å². The average Bonchev–Trinajstić information content (AvgIpc) is 2.93. The van der Waals surface area contributed by atoms with E-state index in [1.165, 1.54) is 6.07 Å². The topological polar surface area (TPSA) is 53.1 Å². The molecule has 0 bridgehead atoms. The van der Waals surface area contributed by atoms with Crippen molar-refractivity contribution in [1.82, 2.24) is 9.78 Å². The van der Waals surface area contributed by atoms with Crippen LogP contribution in [0.2, 0.25) is 0 Å². The lowest BCUT2D eigenvalue weighted by Crippen LogP contribution is -1.98. The van der Waals surface area contributed by atoms with Gasteiger partial charge in [0.2, 0.25) is 0 Å². The highest BCUT2D eigenvalue weighted by atomic mass is 19.1. The number of rotatable bonds is 4. The van der Waals surface area contributed by atoms with Gasteiger partial charge in [-0.2, -0.15) is 5.10 Å². The minimum absolute atomic E-state index is 0.179. The summed E-state index contributed by atoms with van der Waals surface area (Å²) in [5, 5.41) is 4.13. The Morgan fingerprint density at radius 1 is 1.45 bits per heavy atom. The van der Waals surface area contributed by atoms with Crippen LogP contribution < -0.4 is 10.5 Å². The Kier molecular flexibility index (Phi) is 4.75.